The Morgan fingerprint density at radius 1 is 1.15 bits per heavy atom. The summed E-state index contributed by atoms with van der Waals surface area (Å²) in [5, 5.41) is 6.32. The van der Waals surface area contributed by atoms with Crippen molar-refractivity contribution in [2.24, 2.45) is 0 Å². The Bertz CT molecular complexity index is 729. The molecule has 4 nitrogen and oxygen atoms in total. The molecule has 1 heterocycles. The molecule has 2 N–H and O–H groups in total. The topological polar surface area (TPSA) is 44.4 Å². The fraction of sp³-hybridized carbons (Fsp3) is 0.409. The van der Waals surface area contributed by atoms with Crippen molar-refractivity contribution in [3.63, 3.8) is 0 Å². The number of carbonyl (C=O) groups is 1. The first-order chi connectivity index (χ1) is 12.7. The lowest BCUT2D eigenvalue weighted by Crippen LogP contribution is -2.33. The molecule has 1 amide bonds. The number of nitrogens with zero attached hydrogens (tertiary/aromatic N) is 1. The number of anilines is 1. The number of carbonyl (C=O) groups excluding carboxylic acids is 1. The van der Waals surface area contributed by atoms with Crippen LogP contribution in [0.15, 0.2) is 48.5 Å². The molecule has 138 valence electrons. The SMILES string of the molecule is CCCCNCC(=O)Nc1cccc2c1CN(C)CC2c1ccccc1. The fourth-order valence-electron chi connectivity index (χ4n) is 3.64. The molecular weight excluding hydrogens is 322 g/mol. The van der Waals surface area contributed by atoms with Crippen molar-refractivity contribution in [2.45, 2.75) is 32.2 Å². The fourth-order valence-corrected chi connectivity index (χ4v) is 3.64. The highest BCUT2D eigenvalue weighted by Gasteiger charge is 2.26. The van der Waals surface area contributed by atoms with Crippen LogP contribution in [-0.4, -0.2) is 37.5 Å². The average molecular weight is 351 g/mol. The van der Waals surface area contributed by atoms with Crippen molar-refractivity contribution >= 4 is 11.6 Å². The summed E-state index contributed by atoms with van der Waals surface area (Å²) in [7, 11) is 2.14. The van der Waals surface area contributed by atoms with Crippen LogP contribution in [0.2, 0.25) is 0 Å². The van der Waals surface area contributed by atoms with E-state index < -0.39 is 0 Å². The van der Waals surface area contributed by atoms with Crippen molar-refractivity contribution in [1.29, 1.82) is 0 Å². The van der Waals surface area contributed by atoms with E-state index in [0.29, 0.717) is 12.5 Å². The molecular formula is C22H29N3O. The highest BCUT2D eigenvalue weighted by Crippen LogP contribution is 2.36. The molecule has 2 aromatic carbocycles. The third kappa shape index (κ3) is 4.51. The summed E-state index contributed by atoms with van der Waals surface area (Å²) in [4.78, 5) is 14.6. The summed E-state index contributed by atoms with van der Waals surface area (Å²) in [6.07, 6.45) is 2.23. The Morgan fingerprint density at radius 2 is 1.96 bits per heavy atom. The lowest BCUT2D eigenvalue weighted by atomic mass is 9.84. The molecule has 0 saturated carbocycles. The Kier molecular flexibility index (Phi) is 6.42. The minimum absolute atomic E-state index is 0.0268. The van der Waals surface area contributed by atoms with Gasteiger partial charge >= 0.3 is 0 Å². The number of benzene rings is 2. The van der Waals surface area contributed by atoms with Crippen molar-refractivity contribution in [3.8, 4) is 0 Å². The van der Waals surface area contributed by atoms with Crippen molar-refractivity contribution < 1.29 is 4.79 Å². The zero-order chi connectivity index (χ0) is 18.4. The van der Waals surface area contributed by atoms with Gasteiger partial charge in [-0.2, -0.15) is 0 Å². The predicted molar refractivity (Wildman–Crippen MR) is 107 cm³/mol. The van der Waals surface area contributed by atoms with E-state index in [1.165, 1.54) is 16.7 Å². The number of hydrogen-bond acceptors (Lipinski definition) is 3. The lowest BCUT2D eigenvalue weighted by Gasteiger charge is -2.34. The van der Waals surface area contributed by atoms with E-state index in [1.54, 1.807) is 0 Å². The van der Waals surface area contributed by atoms with E-state index in [0.717, 1.165) is 38.2 Å². The lowest BCUT2D eigenvalue weighted by molar-refractivity contribution is -0.115. The van der Waals surface area contributed by atoms with E-state index in [1.807, 2.05) is 6.07 Å². The van der Waals surface area contributed by atoms with Crippen LogP contribution in [0.5, 0.6) is 0 Å². The van der Waals surface area contributed by atoms with Crippen LogP contribution in [0.4, 0.5) is 5.69 Å². The molecule has 0 aliphatic carbocycles. The molecule has 4 heteroatoms. The number of amides is 1. The molecule has 0 fully saturated rings. The first-order valence-electron chi connectivity index (χ1n) is 9.55. The van der Waals surface area contributed by atoms with Crippen LogP contribution in [0, 0.1) is 0 Å². The van der Waals surface area contributed by atoms with Gasteiger partial charge in [0, 0.05) is 24.7 Å². The van der Waals surface area contributed by atoms with Gasteiger partial charge in [0.25, 0.3) is 0 Å². The summed E-state index contributed by atoms with van der Waals surface area (Å²) < 4.78 is 0. The Morgan fingerprint density at radius 3 is 2.73 bits per heavy atom. The maximum absolute atomic E-state index is 12.3. The van der Waals surface area contributed by atoms with Gasteiger partial charge in [0.2, 0.25) is 5.91 Å². The number of fused-ring (bicyclic) bond motifs is 1. The molecule has 0 spiro atoms. The number of likely N-dealkylation sites (N-methyl/N-ethyl adjacent to an activating group) is 1. The Balaban J connectivity index is 1.78. The molecule has 0 aromatic heterocycles. The van der Waals surface area contributed by atoms with Gasteiger partial charge in [0.1, 0.15) is 0 Å². The van der Waals surface area contributed by atoms with E-state index >= 15 is 0 Å². The average Bonchev–Trinajstić information content (AvgIpc) is 2.66. The van der Waals surface area contributed by atoms with E-state index in [-0.39, 0.29) is 5.91 Å². The maximum Gasteiger partial charge on any atom is 0.238 e. The van der Waals surface area contributed by atoms with Gasteiger partial charge in [0.05, 0.1) is 6.54 Å². The van der Waals surface area contributed by atoms with Gasteiger partial charge in [-0.25, -0.2) is 0 Å². The molecule has 0 radical (unpaired) electrons. The number of hydrogen-bond donors (Lipinski definition) is 2. The summed E-state index contributed by atoms with van der Waals surface area (Å²) >= 11 is 0. The van der Waals surface area contributed by atoms with Crippen molar-refractivity contribution in [1.82, 2.24) is 10.2 Å². The Labute approximate surface area is 156 Å². The van der Waals surface area contributed by atoms with E-state index in [4.69, 9.17) is 0 Å². The Hall–Kier alpha value is -2.17. The molecule has 1 unspecified atom stereocenters. The second-order valence-corrected chi connectivity index (χ2v) is 7.11. The molecule has 0 saturated heterocycles. The second-order valence-electron chi connectivity index (χ2n) is 7.11. The van der Waals surface area contributed by atoms with Crippen molar-refractivity contribution in [2.75, 3.05) is 32.0 Å². The quantitative estimate of drug-likeness (QED) is 0.749. The highest BCUT2D eigenvalue weighted by molar-refractivity contribution is 5.93. The first kappa shape index (κ1) is 18.6. The molecule has 3 rings (SSSR count). The maximum atomic E-state index is 12.3. The van der Waals surface area contributed by atoms with E-state index in [9.17, 15) is 4.79 Å². The summed E-state index contributed by atoms with van der Waals surface area (Å²) in [5.74, 6) is 0.364. The molecule has 1 aliphatic heterocycles. The molecule has 2 aromatic rings. The van der Waals surface area contributed by atoms with Crippen LogP contribution in [-0.2, 0) is 11.3 Å². The first-order valence-corrected chi connectivity index (χ1v) is 9.55. The molecule has 26 heavy (non-hydrogen) atoms. The van der Waals surface area contributed by atoms with Gasteiger partial charge < -0.3 is 15.5 Å². The third-order valence-corrected chi connectivity index (χ3v) is 4.98. The standard InChI is InChI=1S/C22H29N3O/c1-3-4-13-23-14-22(26)24-21-12-8-11-18-19(15-25(2)16-20(18)21)17-9-6-5-7-10-17/h5-12,19,23H,3-4,13-16H2,1-2H3,(H,24,26). The predicted octanol–water partition coefficient (Wildman–Crippen LogP) is 3.59. The molecule has 1 aliphatic rings. The van der Waals surface area contributed by atoms with Gasteiger partial charge in [-0.15, -0.1) is 0 Å². The van der Waals surface area contributed by atoms with Gasteiger partial charge in [0.15, 0.2) is 0 Å². The number of rotatable bonds is 7. The van der Waals surface area contributed by atoms with Gasteiger partial charge in [-0.05, 0) is 42.8 Å². The third-order valence-electron chi connectivity index (χ3n) is 4.98. The monoisotopic (exact) mass is 351 g/mol. The molecule has 1 atom stereocenters. The number of unbranched alkanes of at least 4 members (excludes halogenated alkanes) is 1. The smallest absolute Gasteiger partial charge is 0.238 e. The van der Waals surface area contributed by atoms with Gasteiger partial charge in [-0.1, -0.05) is 55.8 Å². The van der Waals surface area contributed by atoms with E-state index in [2.05, 4.69) is 72.0 Å². The normalized spacial score (nSPS) is 16.9. The summed E-state index contributed by atoms with van der Waals surface area (Å²) in [6.45, 7) is 5.25. The summed E-state index contributed by atoms with van der Waals surface area (Å²) in [6, 6.07) is 16.9. The highest BCUT2D eigenvalue weighted by atomic mass is 16.1. The minimum Gasteiger partial charge on any atom is -0.325 e. The van der Waals surface area contributed by atoms with Crippen LogP contribution in [0.3, 0.4) is 0 Å². The van der Waals surface area contributed by atoms with Crippen LogP contribution >= 0.6 is 0 Å². The van der Waals surface area contributed by atoms with Crippen molar-refractivity contribution in [3.05, 3.63) is 65.2 Å². The zero-order valence-corrected chi connectivity index (χ0v) is 15.8. The van der Waals surface area contributed by atoms with Crippen LogP contribution in [0.25, 0.3) is 0 Å². The summed E-state index contributed by atoms with van der Waals surface area (Å²) in [5.41, 5.74) is 4.82. The molecule has 0 bridgehead atoms. The number of nitrogens with one attached hydrogen (secondary N) is 2. The zero-order valence-electron chi connectivity index (χ0n) is 15.8. The van der Waals surface area contributed by atoms with Gasteiger partial charge in [-0.3, -0.25) is 4.79 Å². The van der Waals surface area contributed by atoms with Crippen LogP contribution in [0.1, 0.15) is 42.4 Å². The minimum atomic E-state index is 0.0268. The van der Waals surface area contributed by atoms with Crippen LogP contribution < -0.4 is 10.6 Å². The second kappa shape index (κ2) is 8.97. The largest absolute Gasteiger partial charge is 0.325 e.